The quantitative estimate of drug-likeness (QED) is 0.817. The topological polar surface area (TPSA) is 84.5 Å². The van der Waals surface area contributed by atoms with Crippen LogP contribution < -0.4 is 14.8 Å². The second-order valence-corrected chi connectivity index (χ2v) is 6.98. The molecule has 2 rings (SSSR count). The summed E-state index contributed by atoms with van der Waals surface area (Å²) in [6.07, 6.45) is 0. The fraction of sp³-hybridized carbons (Fsp3) is 0.188. The number of halogens is 1. The van der Waals surface area contributed by atoms with Crippen molar-refractivity contribution in [2.24, 2.45) is 0 Å². The van der Waals surface area contributed by atoms with Crippen molar-refractivity contribution in [3.8, 4) is 5.75 Å². The van der Waals surface area contributed by atoms with Gasteiger partial charge in [-0.25, -0.2) is 8.42 Å². The number of hydrogen-bond acceptors (Lipinski definition) is 4. The molecule has 0 bridgehead atoms. The first kappa shape index (κ1) is 18.1. The van der Waals surface area contributed by atoms with E-state index in [0.29, 0.717) is 23.7 Å². The van der Waals surface area contributed by atoms with Crippen molar-refractivity contribution >= 4 is 38.9 Å². The predicted octanol–water partition coefficient (Wildman–Crippen LogP) is 3.50. The van der Waals surface area contributed by atoms with Gasteiger partial charge in [-0.1, -0.05) is 11.6 Å². The molecule has 6 nitrogen and oxygen atoms in total. The van der Waals surface area contributed by atoms with Crippen LogP contribution in [0.5, 0.6) is 5.75 Å². The molecule has 0 saturated carbocycles. The fourth-order valence-electron chi connectivity index (χ4n) is 1.96. The third-order valence-electron chi connectivity index (χ3n) is 2.97. The number of nitrogens with one attached hydrogen (secondary N) is 2. The second kappa shape index (κ2) is 7.55. The molecular weight excluding hydrogens is 352 g/mol. The highest BCUT2D eigenvalue weighted by Crippen LogP contribution is 2.28. The standard InChI is InChI=1S/C16H17ClN2O4S/c1-3-23-16-9-8-14(10-15(16)17)24(21,22)19-13-6-4-12(5-7-13)18-11(2)20/h4-10,19H,3H2,1-2H3,(H,18,20). The summed E-state index contributed by atoms with van der Waals surface area (Å²) < 4.78 is 32.6. The number of sulfonamides is 1. The molecule has 0 saturated heterocycles. The van der Waals surface area contributed by atoms with E-state index in [0.717, 1.165) is 0 Å². The Morgan fingerprint density at radius 1 is 1.12 bits per heavy atom. The molecule has 0 unspecified atom stereocenters. The van der Waals surface area contributed by atoms with Crippen LogP contribution in [0, 0.1) is 0 Å². The molecule has 24 heavy (non-hydrogen) atoms. The monoisotopic (exact) mass is 368 g/mol. The Hall–Kier alpha value is -2.25. The molecule has 0 radical (unpaired) electrons. The summed E-state index contributed by atoms with van der Waals surface area (Å²) >= 11 is 6.03. The highest BCUT2D eigenvalue weighted by Gasteiger charge is 2.16. The Bertz CT molecular complexity index is 836. The second-order valence-electron chi connectivity index (χ2n) is 4.89. The van der Waals surface area contributed by atoms with Gasteiger partial charge in [0.25, 0.3) is 10.0 Å². The maximum atomic E-state index is 12.4. The number of ether oxygens (including phenoxy) is 1. The zero-order chi connectivity index (χ0) is 17.7. The van der Waals surface area contributed by atoms with Crippen LogP contribution in [-0.4, -0.2) is 20.9 Å². The van der Waals surface area contributed by atoms with E-state index < -0.39 is 10.0 Å². The average Bonchev–Trinajstić information content (AvgIpc) is 2.50. The van der Waals surface area contributed by atoms with Crippen LogP contribution in [-0.2, 0) is 14.8 Å². The van der Waals surface area contributed by atoms with Crippen molar-refractivity contribution in [1.29, 1.82) is 0 Å². The summed E-state index contributed by atoms with van der Waals surface area (Å²) in [7, 11) is -3.78. The van der Waals surface area contributed by atoms with Gasteiger partial charge in [-0.05, 0) is 49.4 Å². The summed E-state index contributed by atoms with van der Waals surface area (Å²) in [5, 5.41) is 2.83. The molecule has 0 aliphatic rings. The zero-order valence-corrected chi connectivity index (χ0v) is 14.7. The largest absolute Gasteiger partial charge is 0.492 e. The Labute approximate surface area is 145 Å². The summed E-state index contributed by atoms with van der Waals surface area (Å²) in [6.45, 7) is 3.64. The molecule has 0 aliphatic carbocycles. The molecule has 0 aromatic heterocycles. The van der Waals surface area contributed by atoms with Crippen molar-refractivity contribution in [1.82, 2.24) is 0 Å². The Balaban J connectivity index is 2.19. The van der Waals surface area contributed by atoms with Crippen molar-refractivity contribution < 1.29 is 17.9 Å². The Kier molecular flexibility index (Phi) is 5.69. The lowest BCUT2D eigenvalue weighted by atomic mass is 10.3. The Morgan fingerprint density at radius 2 is 1.75 bits per heavy atom. The molecule has 0 fully saturated rings. The molecular formula is C16H17ClN2O4S. The minimum atomic E-state index is -3.78. The molecule has 0 heterocycles. The van der Waals surface area contributed by atoms with Crippen molar-refractivity contribution in [3.63, 3.8) is 0 Å². The maximum absolute atomic E-state index is 12.4. The van der Waals surface area contributed by atoms with Gasteiger partial charge < -0.3 is 10.1 Å². The summed E-state index contributed by atoms with van der Waals surface area (Å²) in [5.41, 5.74) is 0.948. The van der Waals surface area contributed by atoms with Gasteiger partial charge in [0.1, 0.15) is 5.75 Å². The normalized spacial score (nSPS) is 11.0. The SMILES string of the molecule is CCOc1ccc(S(=O)(=O)Nc2ccc(NC(C)=O)cc2)cc1Cl. The maximum Gasteiger partial charge on any atom is 0.261 e. The van der Waals surface area contributed by atoms with Crippen LogP contribution in [0.15, 0.2) is 47.4 Å². The zero-order valence-electron chi connectivity index (χ0n) is 13.2. The number of amides is 1. The minimum Gasteiger partial charge on any atom is -0.492 e. The molecule has 8 heteroatoms. The molecule has 2 N–H and O–H groups in total. The number of hydrogen-bond donors (Lipinski definition) is 2. The summed E-state index contributed by atoms with van der Waals surface area (Å²) in [4.78, 5) is 11.0. The van der Waals surface area contributed by atoms with Gasteiger partial charge in [0.2, 0.25) is 5.91 Å². The molecule has 0 aliphatic heterocycles. The first-order valence-corrected chi connectivity index (χ1v) is 9.01. The number of carbonyl (C=O) groups is 1. The van der Waals surface area contributed by atoms with Gasteiger partial charge >= 0.3 is 0 Å². The van der Waals surface area contributed by atoms with Crippen molar-refractivity contribution in [2.45, 2.75) is 18.7 Å². The molecule has 2 aromatic rings. The van der Waals surface area contributed by atoms with Crippen molar-refractivity contribution in [3.05, 3.63) is 47.5 Å². The number of anilines is 2. The van der Waals surface area contributed by atoms with Crippen LogP contribution in [0.2, 0.25) is 5.02 Å². The van der Waals surface area contributed by atoms with Crippen LogP contribution in [0.25, 0.3) is 0 Å². The van der Waals surface area contributed by atoms with E-state index in [9.17, 15) is 13.2 Å². The van der Waals surface area contributed by atoms with Gasteiger partial charge in [0.15, 0.2) is 0 Å². The minimum absolute atomic E-state index is 0.0295. The number of carbonyl (C=O) groups excluding carboxylic acids is 1. The van der Waals surface area contributed by atoms with Crippen LogP contribution in [0.1, 0.15) is 13.8 Å². The highest BCUT2D eigenvalue weighted by molar-refractivity contribution is 7.92. The van der Waals surface area contributed by atoms with Crippen LogP contribution in [0.4, 0.5) is 11.4 Å². The van der Waals surface area contributed by atoms with Crippen molar-refractivity contribution in [2.75, 3.05) is 16.6 Å². The predicted molar refractivity (Wildman–Crippen MR) is 94.2 cm³/mol. The van der Waals surface area contributed by atoms with Gasteiger partial charge in [-0.15, -0.1) is 0 Å². The molecule has 2 aromatic carbocycles. The van der Waals surface area contributed by atoms with E-state index in [2.05, 4.69) is 10.0 Å². The average molecular weight is 369 g/mol. The lowest BCUT2D eigenvalue weighted by Gasteiger charge is -2.11. The molecule has 0 spiro atoms. The lowest BCUT2D eigenvalue weighted by Crippen LogP contribution is -2.13. The molecule has 1 amide bonds. The van der Waals surface area contributed by atoms with Gasteiger partial charge in [-0.2, -0.15) is 0 Å². The molecule has 128 valence electrons. The smallest absolute Gasteiger partial charge is 0.261 e. The van der Waals surface area contributed by atoms with E-state index in [-0.39, 0.29) is 15.8 Å². The van der Waals surface area contributed by atoms with E-state index >= 15 is 0 Å². The van der Waals surface area contributed by atoms with Gasteiger partial charge in [0, 0.05) is 18.3 Å². The van der Waals surface area contributed by atoms with Crippen LogP contribution in [0.3, 0.4) is 0 Å². The summed E-state index contributed by atoms with van der Waals surface area (Å²) in [5.74, 6) is 0.227. The van der Waals surface area contributed by atoms with Gasteiger partial charge in [-0.3, -0.25) is 9.52 Å². The molecule has 0 atom stereocenters. The van der Waals surface area contributed by atoms with Gasteiger partial charge in [0.05, 0.1) is 16.5 Å². The van der Waals surface area contributed by atoms with E-state index in [4.69, 9.17) is 16.3 Å². The highest BCUT2D eigenvalue weighted by atomic mass is 35.5. The number of benzene rings is 2. The number of rotatable bonds is 6. The lowest BCUT2D eigenvalue weighted by molar-refractivity contribution is -0.114. The first-order chi connectivity index (χ1) is 11.3. The first-order valence-electron chi connectivity index (χ1n) is 7.14. The Morgan fingerprint density at radius 3 is 2.29 bits per heavy atom. The summed E-state index contributed by atoms with van der Waals surface area (Å²) in [6, 6.07) is 10.6. The fourth-order valence-corrected chi connectivity index (χ4v) is 3.34. The van der Waals surface area contributed by atoms with Crippen LogP contribution >= 0.6 is 11.6 Å². The van der Waals surface area contributed by atoms with E-state index in [1.165, 1.54) is 25.1 Å². The third-order valence-corrected chi connectivity index (χ3v) is 4.65. The third kappa shape index (κ3) is 4.62. The van der Waals surface area contributed by atoms with E-state index in [1.54, 1.807) is 24.3 Å². The van der Waals surface area contributed by atoms with E-state index in [1.807, 2.05) is 6.92 Å².